The Hall–Kier alpha value is 0.0500. The number of nitrogens with one attached hydrogen (secondary N) is 1. The Kier molecular flexibility index (Phi) is 6.77. The first kappa shape index (κ1) is 11.1. The highest BCUT2D eigenvalue weighted by Crippen LogP contribution is 2.02. The van der Waals surface area contributed by atoms with Gasteiger partial charge in [-0.2, -0.15) is 11.8 Å². The van der Waals surface area contributed by atoms with Crippen LogP contribution in [0.2, 0.25) is 0 Å². The molecule has 0 aliphatic carbocycles. The van der Waals surface area contributed by atoms with E-state index in [9.17, 15) is 0 Å². The van der Waals surface area contributed by atoms with Gasteiger partial charge in [-0.1, -0.05) is 12.5 Å². The van der Waals surface area contributed by atoms with Gasteiger partial charge in [0.25, 0.3) is 0 Å². The highest BCUT2D eigenvalue weighted by Gasteiger charge is 1.96. The van der Waals surface area contributed by atoms with E-state index in [0.717, 1.165) is 24.8 Å². The Labute approximate surface area is 74.6 Å². The van der Waals surface area contributed by atoms with E-state index in [2.05, 4.69) is 32.0 Å². The van der Waals surface area contributed by atoms with Gasteiger partial charge in [-0.25, -0.2) is 0 Å². The van der Waals surface area contributed by atoms with Crippen molar-refractivity contribution in [1.82, 2.24) is 5.32 Å². The molecule has 0 heterocycles. The normalized spacial score (nSPS) is 13.0. The maximum absolute atomic E-state index is 3.85. The fourth-order valence-corrected chi connectivity index (χ4v) is 0.975. The Balaban J connectivity index is 3.08. The van der Waals surface area contributed by atoms with Crippen LogP contribution in [0.5, 0.6) is 0 Å². The van der Waals surface area contributed by atoms with E-state index in [-0.39, 0.29) is 0 Å². The van der Waals surface area contributed by atoms with Crippen molar-refractivity contribution in [2.45, 2.75) is 25.5 Å². The average molecular weight is 173 g/mol. The van der Waals surface area contributed by atoms with E-state index in [4.69, 9.17) is 0 Å². The fourth-order valence-electron chi connectivity index (χ4n) is 0.690. The average Bonchev–Trinajstić information content (AvgIpc) is 1.97. The molecule has 0 aromatic heterocycles. The molecule has 0 aromatic carbocycles. The molecule has 0 fully saturated rings. The maximum atomic E-state index is 3.85. The third-order valence-electron chi connectivity index (χ3n) is 1.56. The zero-order valence-corrected chi connectivity index (χ0v) is 8.63. The summed E-state index contributed by atoms with van der Waals surface area (Å²) in [6.07, 6.45) is 3.24. The van der Waals surface area contributed by atoms with Gasteiger partial charge in [0.2, 0.25) is 0 Å². The summed E-state index contributed by atoms with van der Waals surface area (Å²) < 4.78 is 0. The van der Waals surface area contributed by atoms with Gasteiger partial charge in [-0.15, -0.1) is 6.58 Å². The summed E-state index contributed by atoms with van der Waals surface area (Å²) in [5.74, 6) is 0. The molecule has 1 unspecified atom stereocenters. The van der Waals surface area contributed by atoms with Crippen LogP contribution in [0.1, 0.15) is 20.3 Å². The molecule has 0 saturated heterocycles. The Morgan fingerprint density at radius 1 is 1.64 bits per heavy atom. The van der Waals surface area contributed by atoms with Crippen molar-refractivity contribution in [2.75, 3.05) is 19.3 Å². The van der Waals surface area contributed by atoms with Crippen molar-refractivity contribution < 1.29 is 0 Å². The Morgan fingerprint density at radius 2 is 2.27 bits per heavy atom. The summed E-state index contributed by atoms with van der Waals surface area (Å²) in [6.45, 7) is 10.3. The molecule has 1 nitrogen and oxygen atoms in total. The molecule has 0 aliphatic heterocycles. The van der Waals surface area contributed by atoms with Gasteiger partial charge in [-0.05, 0) is 26.1 Å². The summed E-state index contributed by atoms with van der Waals surface area (Å²) in [6, 6.07) is 0. The highest BCUT2D eigenvalue weighted by atomic mass is 32.2. The lowest BCUT2D eigenvalue weighted by Crippen LogP contribution is -2.23. The van der Waals surface area contributed by atoms with Gasteiger partial charge >= 0.3 is 0 Å². The summed E-state index contributed by atoms with van der Waals surface area (Å²) in [5, 5.41) is 4.11. The molecule has 0 rings (SSSR count). The molecule has 0 aromatic rings. The molecular formula is C9H19NS. The molecule has 0 aliphatic rings. The van der Waals surface area contributed by atoms with E-state index in [1.54, 1.807) is 0 Å². The lowest BCUT2D eigenvalue weighted by atomic mass is 10.2. The van der Waals surface area contributed by atoms with Gasteiger partial charge in [0, 0.05) is 11.8 Å². The first-order chi connectivity index (χ1) is 5.16. The predicted molar refractivity (Wildman–Crippen MR) is 55.3 cm³/mol. The van der Waals surface area contributed by atoms with Crippen LogP contribution in [-0.2, 0) is 0 Å². The minimum absolute atomic E-state index is 0.722. The van der Waals surface area contributed by atoms with Crippen LogP contribution in [0.3, 0.4) is 0 Å². The van der Waals surface area contributed by atoms with Crippen LogP contribution in [0, 0.1) is 0 Å². The van der Waals surface area contributed by atoms with Crippen LogP contribution in [0.15, 0.2) is 12.2 Å². The molecule has 0 amide bonds. The molecular weight excluding hydrogens is 154 g/mol. The van der Waals surface area contributed by atoms with Crippen molar-refractivity contribution >= 4 is 11.8 Å². The molecule has 11 heavy (non-hydrogen) atoms. The zero-order valence-electron chi connectivity index (χ0n) is 7.81. The monoisotopic (exact) mass is 173 g/mol. The second-order valence-electron chi connectivity index (χ2n) is 2.96. The van der Waals surface area contributed by atoms with E-state index < -0.39 is 0 Å². The van der Waals surface area contributed by atoms with Crippen molar-refractivity contribution in [3.8, 4) is 0 Å². The molecule has 2 heteroatoms. The van der Waals surface area contributed by atoms with Gasteiger partial charge < -0.3 is 5.32 Å². The van der Waals surface area contributed by atoms with Crippen LogP contribution in [-0.4, -0.2) is 24.6 Å². The van der Waals surface area contributed by atoms with Crippen molar-refractivity contribution in [1.29, 1.82) is 0 Å². The second kappa shape index (κ2) is 6.74. The van der Waals surface area contributed by atoms with Gasteiger partial charge in [0.15, 0.2) is 0 Å². The van der Waals surface area contributed by atoms with E-state index >= 15 is 0 Å². The summed E-state index contributed by atoms with van der Waals surface area (Å²) in [7, 11) is 0. The quantitative estimate of drug-likeness (QED) is 0.488. The zero-order chi connectivity index (χ0) is 8.69. The Bertz CT molecular complexity index is 112. The van der Waals surface area contributed by atoms with Gasteiger partial charge in [-0.3, -0.25) is 0 Å². The molecule has 0 bridgehead atoms. The minimum Gasteiger partial charge on any atom is -0.315 e. The topological polar surface area (TPSA) is 12.0 Å². The van der Waals surface area contributed by atoms with Gasteiger partial charge in [0.05, 0.1) is 0 Å². The highest BCUT2D eigenvalue weighted by molar-refractivity contribution is 7.99. The second-order valence-corrected chi connectivity index (χ2v) is 4.23. The van der Waals surface area contributed by atoms with Crippen molar-refractivity contribution in [3.05, 3.63) is 12.2 Å². The van der Waals surface area contributed by atoms with Crippen LogP contribution < -0.4 is 5.32 Å². The smallest absolute Gasteiger partial charge is 0.0141 e. The van der Waals surface area contributed by atoms with E-state index in [1.165, 1.54) is 5.57 Å². The summed E-state index contributed by atoms with van der Waals surface area (Å²) >= 11 is 1.90. The van der Waals surface area contributed by atoms with Crippen molar-refractivity contribution in [3.63, 3.8) is 0 Å². The molecule has 66 valence electrons. The lowest BCUT2D eigenvalue weighted by molar-refractivity contribution is 0.678. The summed E-state index contributed by atoms with van der Waals surface area (Å²) in [5.41, 5.74) is 1.26. The molecule has 1 N–H and O–H groups in total. The number of hydrogen-bond donors (Lipinski definition) is 1. The largest absolute Gasteiger partial charge is 0.315 e. The first-order valence-electron chi connectivity index (χ1n) is 4.04. The third-order valence-corrected chi connectivity index (χ3v) is 2.53. The maximum Gasteiger partial charge on any atom is 0.0141 e. The molecule has 0 radical (unpaired) electrons. The van der Waals surface area contributed by atoms with Crippen LogP contribution in [0.4, 0.5) is 0 Å². The summed E-state index contributed by atoms with van der Waals surface area (Å²) in [4.78, 5) is 0. The fraction of sp³-hybridized carbons (Fsp3) is 0.778. The SMILES string of the molecule is C=C(C)CCNCC(C)SC. The number of thioether (sulfide) groups is 1. The lowest BCUT2D eigenvalue weighted by Gasteiger charge is -2.08. The third kappa shape index (κ3) is 7.95. The Morgan fingerprint density at radius 3 is 2.73 bits per heavy atom. The number of hydrogen-bond acceptors (Lipinski definition) is 2. The standard InChI is InChI=1S/C9H19NS/c1-8(2)5-6-10-7-9(3)11-4/h9-10H,1,5-7H2,2-4H3. The van der Waals surface area contributed by atoms with Crippen molar-refractivity contribution in [2.24, 2.45) is 0 Å². The van der Waals surface area contributed by atoms with E-state index in [1.807, 2.05) is 11.8 Å². The predicted octanol–water partition coefficient (Wildman–Crippen LogP) is 2.29. The molecule has 0 saturated carbocycles. The number of rotatable bonds is 6. The first-order valence-corrected chi connectivity index (χ1v) is 5.33. The molecule has 0 spiro atoms. The molecule has 1 atom stereocenters. The van der Waals surface area contributed by atoms with Crippen LogP contribution >= 0.6 is 11.8 Å². The van der Waals surface area contributed by atoms with E-state index in [0.29, 0.717) is 0 Å². The minimum atomic E-state index is 0.722. The van der Waals surface area contributed by atoms with Gasteiger partial charge in [0.1, 0.15) is 0 Å². The van der Waals surface area contributed by atoms with Crippen LogP contribution in [0.25, 0.3) is 0 Å².